The van der Waals surface area contributed by atoms with E-state index in [1.807, 2.05) is 48.4 Å². The number of rotatable bonds is 3. The normalized spacial score (nSPS) is 17.5. The first-order valence-electron chi connectivity index (χ1n) is 7.73. The van der Waals surface area contributed by atoms with Crippen LogP contribution >= 0.6 is 0 Å². The third-order valence-corrected chi connectivity index (χ3v) is 4.34. The molecule has 22 heavy (non-hydrogen) atoms. The number of likely N-dealkylation sites (tertiary alicyclic amines) is 1. The van der Waals surface area contributed by atoms with Crippen LogP contribution in [0.1, 0.15) is 30.3 Å². The Kier molecular flexibility index (Phi) is 4.24. The molecule has 2 aromatic rings. The Morgan fingerprint density at radius 2 is 1.91 bits per heavy atom. The smallest absolute Gasteiger partial charge is 0.274 e. The van der Waals surface area contributed by atoms with Gasteiger partial charge in [-0.2, -0.15) is 5.10 Å². The highest BCUT2D eigenvalue weighted by Gasteiger charge is 2.27. The third kappa shape index (κ3) is 3.04. The number of hydrogen-bond donors (Lipinski definition) is 1. The summed E-state index contributed by atoms with van der Waals surface area (Å²) in [7, 11) is 0. The molecule has 1 unspecified atom stereocenters. The van der Waals surface area contributed by atoms with Gasteiger partial charge in [0.1, 0.15) is 0 Å². The van der Waals surface area contributed by atoms with Gasteiger partial charge in [-0.3, -0.25) is 4.79 Å². The summed E-state index contributed by atoms with van der Waals surface area (Å²) >= 11 is 0. The van der Waals surface area contributed by atoms with E-state index in [1.165, 1.54) is 0 Å². The summed E-state index contributed by atoms with van der Waals surface area (Å²) in [6.07, 6.45) is 3.21. The van der Waals surface area contributed by atoms with E-state index in [2.05, 4.69) is 5.10 Å². The second-order valence-corrected chi connectivity index (χ2v) is 5.85. The highest BCUT2D eigenvalue weighted by Crippen LogP contribution is 2.21. The zero-order valence-corrected chi connectivity index (χ0v) is 12.7. The molecule has 1 saturated heterocycles. The van der Waals surface area contributed by atoms with Crippen LogP contribution in [-0.2, 0) is 0 Å². The largest absolute Gasteiger partial charge is 0.393 e. The lowest BCUT2D eigenvalue weighted by atomic mass is 9.92. The van der Waals surface area contributed by atoms with Crippen LogP contribution in [0.5, 0.6) is 0 Å². The van der Waals surface area contributed by atoms with E-state index in [-0.39, 0.29) is 12.0 Å². The minimum Gasteiger partial charge on any atom is -0.393 e. The molecule has 3 rings (SSSR count). The number of aliphatic hydroxyl groups is 1. The maximum absolute atomic E-state index is 12.5. The van der Waals surface area contributed by atoms with E-state index in [1.54, 1.807) is 10.7 Å². The summed E-state index contributed by atoms with van der Waals surface area (Å²) in [5, 5.41) is 14.0. The first kappa shape index (κ1) is 14.8. The Balaban J connectivity index is 1.68. The second-order valence-electron chi connectivity index (χ2n) is 5.85. The Labute approximate surface area is 130 Å². The van der Waals surface area contributed by atoms with Crippen molar-refractivity contribution in [1.82, 2.24) is 14.7 Å². The molecule has 1 aliphatic rings. The van der Waals surface area contributed by atoms with Crippen LogP contribution in [-0.4, -0.2) is 44.9 Å². The third-order valence-electron chi connectivity index (χ3n) is 4.34. The van der Waals surface area contributed by atoms with Gasteiger partial charge in [0, 0.05) is 19.3 Å². The summed E-state index contributed by atoms with van der Waals surface area (Å²) in [6, 6.07) is 11.5. The van der Waals surface area contributed by atoms with Crippen molar-refractivity contribution in [3.63, 3.8) is 0 Å². The summed E-state index contributed by atoms with van der Waals surface area (Å²) in [5.74, 6) is 0.268. The molecule has 1 aromatic heterocycles. The van der Waals surface area contributed by atoms with Gasteiger partial charge in [0.05, 0.1) is 11.8 Å². The van der Waals surface area contributed by atoms with Crippen molar-refractivity contribution < 1.29 is 9.90 Å². The van der Waals surface area contributed by atoms with Gasteiger partial charge in [-0.05, 0) is 43.9 Å². The molecule has 0 spiro atoms. The van der Waals surface area contributed by atoms with E-state index < -0.39 is 0 Å². The number of benzene rings is 1. The lowest BCUT2D eigenvalue weighted by Gasteiger charge is -2.32. The number of aliphatic hydroxyl groups excluding tert-OH is 1. The van der Waals surface area contributed by atoms with Crippen LogP contribution in [0, 0.1) is 5.92 Å². The molecule has 1 N–H and O–H groups in total. The highest BCUT2D eigenvalue weighted by atomic mass is 16.3. The van der Waals surface area contributed by atoms with E-state index in [4.69, 9.17) is 0 Å². The van der Waals surface area contributed by atoms with Crippen molar-refractivity contribution in [1.29, 1.82) is 0 Å². The van der Waals surface area contributed by atoms with Gasteiger partial charge in [0.15, 0.2) is 5.69 Å². The SMILES string of the molecule is CC(O)C1CCN(C(=O)c2ccn(-c3ccccc3)n2)CC1. The topological polar surface area (TPSA) is 58.4 Å². The first-order valence-corrected chi connectivity index (χ1v) is 7.73. The summed E-state index contributed by atoms with van der Waals surface area (Å²) < 4.78 is 1.72. The minimum atomic E-state index is -0.297. The van der Waals surface area contributed by atoms with E-state index >= 15 is 0 Å². The van der Waals surface area contributed by atoms with Crippen LogP contribution in [0.15, 0.2) is 42.6 Å². The summed E-state index contributed by atoms with van der Waals surface area (Å²) in [5.41, 5.74) is 1.41. The average Bonchev–Trinajstić information content (AvgIpc) is 3.05. The molecule has 0 radical (unpaired) electrons. The molecule has 0 saturated carbocycles. The molecule has 1 aliphatic heterocycles. The number of aromatic nitrogens is 2. The maximum atomic E-state index is 12.5. The van der Waals surface area contributed by atoms with Gasteiger partial charge in [-0.25, -0.2) is 4.68 Å². The Bertz CT molecular complexity index is 628. The zero-order valence-electron chi connectivity index (χ0n) is 12.7. The van der Waals surface area contributed by atoms with E-state index in [0.29, 0.717) is 24.7 Å². The Morgan fingerprint density at radius 1 is 1.23 bits per heavy atom. The number of amides is 1. The van der Waals surface area contributed by atoms with Crippen molar-refractivity contribution in [2.75, 3.05) is 13.1 Å². The van der Waals surface area contributed by atoms with Gasteiger partial charge in [0.25, 0.3) is 5.91 Å². The van der Waals surface area contributed by atoms with Crippen molar-refractivity contribution in [3.05, 3.63) is 48.3 Å². The lowest BCUT2D eigenvalue weighted by molar-refractivity contribution is 0.0516. The molecule has 0 bridgehead atoms. The van der Waals surface area contributed by atoms with Crippen LogP contribution in [0.25, 0.3) is 5.69 Å². The lowest BCUT2D eigenvalue weighted by Crippen LogP contribution is -2.40. The fraction of sp³-hybridized carbons (Fsp3) is 0.412. The molecule has 5 nitrogen and oxygen atoms in total. The van der Waals surface area contributed by atoms with E-state index in [9.17, 15) is 9.90 Å². The standard InChI is InChI=1S/C17H21N3O2/c1-13(21)14-7-10-19(11-8-14)17(22)16-9-12-20(18-16)15-5-3-2-4-6-15/h2-6,9,12-14,21H,7-8,10-11H2,1H3. The van der Waals surface area contributed by atoms with Crippen LogP contribution in [0.4, 0.5) is 0 Å². The number of hydrogen-bond acceptors (Lipinski definition) is 3. The number of para-hydroxylation sites is 1. The van der Waals surface area contributed by atoms with Crippen molar-refractivity contribution >= 4 is 5.91 Å². The second kappa shape index (κ2) is 6.32. The Morgan fingerprint density at radius 3 is 2.55 bits per heavy atom. The number of piperidine rings is 1. The molecule has 1 atom stereocenters. The molecular weight excluding hydrogens is 278 g/mol. The van der Waals surface area contributed by atoms with Crippen molar-refractivity contribution in [2.45, 2.75) is 25.9 Å². The molecule has 116 valence electrons. The van der Waals surface area contributed by atoms with Crippen LogP contribution < -0.4 is 0 Å². The molecule has 0 aliphatic carbocycles. The van der Waals surface area contributed by atoms with Crippen molar-refractivity contribution in [3.8, 4) is 5.69 Å². The van der Waals surface area contributed by atoms with Crippen molar-refractivity contribution in [2.24, 2.45) is 5.92 Å². The first-order chi connectivity index (χ1) is 10.6. The van der Waals surface area contributed by atoms with Gasteiger partial charge in [0.2, 0.25) is 0 Å². The van der Waals surface area contributed by atoms with Gasteiger partial charge in [-0.1, -0.05) is 18.2 Å². The monoisotopic (exact) mass is 299 g/mol. The molecule has 2 heterocycles. The van der Waals surface area contributed by atoms with Gasteiger partial charge >= 0.3 is 0 Å². The van der Waals surface area contributed by atoms with Gasteiger partial charge in [-0.15, -0.1) is 0 Å². The molecule has 1 amide bonds. The Hall–Kier alpha value is -2.14. The molecule has 1 fully saturated rings. The predicted octanol–water partition coefficient (Wildman–Crippen LogP) is 2.11. The fourth-order valence-corrected chi connectivity index (χ4v) is 2.91. The predicted molar refractivity (Wildman–Crippen MR) is 83.9 cm³/mol. The number of nitrogens with zero attached hydrogens (tertiary/aromatic N) is 3. The fourth-order valence-electron chi connectivity index (χ4n) is 2.91. The zero-order chi connectivity index (χ0) is 15.5. The van der Waals surface area contributed by atoms with Gasteiger partial charge < -0.3 is 10.0 Å². The molecule has 1 aromatic carbocycles. The van der Waals surface area contributed by atoms with Crippen LogP contribution in [0.2, 0.25) is 0 Å². The van der Waals surface area contributed by atoms with E-state index in [0.717, 1.165) is 18.5 Å². The maximum Gasteiger partial charge on any atom is 0.274 e. The van der Waals surface area contributed by atoms with Crippen LogP contribution in [0.3, 0.4) is 0 Å². The summed E-state index contributed by atoms with van der Waals surface area (Å²) in [6.45, 7) is 3.20. The minimum absolute atomic E-state index is 0.0290. The molecule has 5 heteroatoms. The average molecular weight is 299 g/mol. The number of carbonyl (C=O) groups is 1. The number of carbonyl (C=O) groups excluding carboxylic acids is 1. The quantitative estimate of drug-likeness (QED) is 0.944. The summed E-state index contributed by atoms with van der Waals surface area (Å²) in [4.78, 5) is 14.3. The highest BCUT2D eigenvalue weighted by molar-refractivity contribution is 5.92. The molecular formula is C17H21N3O2.